The van der Waals surface area contributed by atoms with Crippen molar-refractivity contribution in [3.63, 3.8) is 0 Å². The number of carbonyl (C=O) groups is 2. The van der Waals surface area contributed by atoms with Gasteiger partial charge in [0.2, 0.25) is 0 Å². The van der Waals surface area contributed by atoms with Crippen LogP contribution in [0, 0.1) is 5.82 Å². The summed E-state index contributed by atoms with van der Waals surface area (Å²) >= 11 is 6.33. The number of likely N-dealkylation sites (tertiary alicyclic amines) is 1. The van der Waals surface area contributed by atoms with Crippen molar-refractivity contribution in [2.75, 3.05) is 38.5 Å². The van der Waals surface area contributed by atoms with Gasteiger partial charge >= 0.3 is 12.1 Å². The molecule has 4 amide bonds. The van der Waals surface area contributed by atoms with E-state index in [-0.39, 0.29) is 23.9 Å². The summed E-state index contributed by atoms with van der Waals surface area (Å²) in [6.07, 6.45) is 2.94. The summed E-state index contributed by atoms with van der Waals surface area (Å²) in [5.41, 5.74) is 1.47. The zero-order valence-electron chi connectivity index (χ0n) is 18.6. The minimum absolute atomic E-state index is 0.0331. The van der Waals surface area contributed by atoms with Gasteiger partial charge in [0.25, 0.3) is 0 Å². The van der Waals surface area contributed by atoms with Crippen LogP contribution >= 0.6 is 11.6 Å². The quantitative estimate of drug-likeness (QED) is 0.686. The lowest BCUT2D eigenvalue weighted by Gasteiger charge is -2.38. The van der Waals surface area contributed by atoms with E-state index in [9.17, 15) is 14.0 Å². The van der Waals surface area contributed by atoms with Crippen LogP contribution < -0.4 is 5.32 Å². The summed E-state index contributed by atoms with van der Waals surface area (Å²) < 4.78 is 13.5. The number of urea groups is 2. The highest BCUT2D eigenvalue weighted by molar-refractivity contribution is 6.33. The Kier molecular flexibility index (Phi) is 7.90. The van der Waals surface area contributed by atoms with Crippen LogP contribution in [0.5, 0.6) is 0 Å². The molecule has 1 saturated heterocycles. The molecule has 1 aliphatic rings. The van der Waals surface area contributed by atoms with Crippen molar-refractivity contribution in [3.8, 4) is 11.3 Å². The molecule has 0 atom stereocenters. The minimum atomic E-state index is -0.371. The molecule has 1 fully saturated rings. The standard InChI is InChI=1S/C23H29ClFN5O2/c1-4-29(5-2)23(32)30-11-9-19(10-12-30)28(3)22(31)27-18-14-20(24)21(26-15-18)16-7-6-8-17(25)13-16/h6-8,13-15,19H,4-5,9-12H2,1-3H3,(H,27,31). The van der Waals surface area contributed by atoms with Crippen molar-refractivity contribution in [3.05, 3.63) is 47.4 Å². The van der Waals surface area contributed by atoms with Crippen molar-refractivity contribution < 1.29 is 14.0 Å². The highest BCUT2D eigenvalue weighted by Gasteiger charge is 2.29. The number of halogens is 2. The lowest BCUT2D eigenvalue weighted by Crippen LogP contribution is -2.51. The summed E-state index contributed by atoms with van der Waals surface area (Å²) in [5.74, 6) is -0.371. The van der Waals surface area contributed by atoms with Crippen LogP contribution in [0.4, 0.5) is 19.7 Å². The molecule has 0 aliphatic carbocycles. The van der Waals surface area contributed by atoms with Gasteiger partial charge in [0, 0.05) is 44.8 Å². The first-order valence-corrected chi connectivity index (χ1v) is 11.2. The van der Waals surface area contributed by atoms with Gasteiger partial charge < -0.3 is 20.0 Å². The van der Waals surface area contributed by atoms with Gasteiger partial charge in [0.1, 0.15) is 5.82 Å². The fourth-order valence-corrected chi connectivity index (χ4v) is 4.15. The van der Waals surface area contributed by atoms with E-state index in [4.69, 9.17) is 11.6 Å². The smallest absolute Gasteiger partial charge is 0.321 e. The average Bonchev–Trinajstić information content (AvgIpc) is 2.79. The second-order valence-electron chi connectivity index (χ2n) is 7.78. The lowest BCUT2D eigenvalue weighted by molar-refractivity contribution is 0.123. The molecule has 0 unspecified atom stereocenters. The zero-order chi connectivity index (χ0) is 23.3. The number of hydrogen-bond acceptors (Lipinski definition) is 3. The zero-order valence-corrected chi connectivity index (χ0v) is 19.4. The monoisotopic (exact) mass is 461 g/mol. The number of nitrogens with zero attached hydrogens (tertiary/aromatic N) is 4. The molecule has 1 aromatic carbocycles. The van der Waals surface area contributed by atoms with E-state index in [0.717, 1.165) is 0 Å². The number of benzene rings is 1. The molecule has 0 spiro atoms. The fourth-order valence-electron chi connectivity index (χ4n) is 3.87. The van der Waals surface area contributed by atoms with E-state index in [1.54, 1.807) is 35.0 Å². The maximum Gasteiger partial charge on any atom is 0.321 e. The number of hydrogen-bond donors (Lipinski definition) is 1. The third-order valence-corrected chi connectivity index (χ3v) is 6.12. The molecule has 1 aliphatic heterocycles. The first-order valence-electron chi connectivity index (χ1n) is 10.8. The van der Waals surface area contributed by atoms with Crippen LogP contribution in [0.1, 0.15) is 26.7 Å². The Hall–Kier alpha value is -2.87. The van der Waals surface area contributed by atoms with Gasteiger partial charge in [-0.05, 0) is 44.9 Å². The lowest BCUT2D eigenvalue weighted by atomic mass is 10.0. The van der Waals surface area contributed by atoms with E-state index >= 15 is 0 Å². The van der Waals surface area contributed by atoms with Gasteiger partial charge in [-0.2, -0.15) is 0 Å². The fraction of sp³-hybridized carbons (Fsp3) is 0.435. The number of anilines is 1. The summed E-state index contributed by atoms with van der Waals surface area (Å²) in [5, 5.41) is 3.14. The number of rotatable bonds is 5. The van der Waals surface area contributed by atoms with Crippen LogP contribution in [0.25, 0.3) is 11.3 Å². The molecule has 9 heteroatoms. The Bertz CT molecular complexity index is 961. The molecular weight excluding hydrogens is 433 g/mol. The third-order valence-electron chi connectivity index (χ3n) is 5.83. The Morgan fingerprint density at radius 1 is 1.22 bits per heavy atom. The summed E-state index contributed by atoms with van der Waals surface area (Å²) in [6, 6.07) is 7.45. The molecular formula is C23H29ClFN5O2. The van der Waals surface area contributed by atoms with Crippen LogP contribution in [0.2, 0.25) is 5.02 Å². The van der Waals surface area contributed by atoms with Crippen LogP contribution in [-0.2, 0) is 0 Å². The molecule has 172 valence electrons. The van der Waals surface area contributed by atoms with E-state index in [1.165, 1.54) is 18.3 Å². The Morgan fingerprint density at radius 3 is 2.50 bits per heavy atom. The first kappa shape index (κ1) is 23.8. The molecule has 2 aromatic rings. The molecule has 3 rings (SSSR count). The van der Waals surface area contributed by atoms with Gasteiger partial charge in [-0.1, -0.05) is 23.7 Å². The van der Waals surface area contributed by atoms with Crippen molar-refractivity contribution in [1.29, 1.82) is 0 Å². The number of nitrogens with one attached hydrogen (secondary N) is 1. The first-order chi connectivity index (χ1) is 15.3. The Labute approximate surface area is 193 Å². The van der Waals surface area contributed by atoms with Gasteiger partial charge in [-0.3, -0.25) is 4.98 Å². The topological polar surface area (TPSA) is 68.8 Å². The highest BCUT2D eigenvalue weighted by atomic mass is 35.5. The van der Waals surface area contributed by atoms with Gasteiger partial charge in [0.05, 0.1) is 22.6 Å². The molecule has 0 radical (unpaired) electrons. The summed E-state index contributed by atoms with van der Waals surface area (Å²) in [6.45, 7) is 6.55. The second-order valence-corrected chi connectivity index (χ2v) is 8.19. The van der Waals surface area contributed by atoms with Crippen LogP contribution in [-0.4, -0.2) is 71.0 Å². The van der Waals surface area contributed by atoms with Gasteiger partial charge in [-0.25, -0.2) is 14.0 Å². The van der Waals surface area contributed by atoms with Crippen molar-refractivity contribution in [1.82, 2.24) is 19.7 Å². The highest BCUT2D eigenvalue weighted by Crippen LogP contribution is 2.28. The predicted octanol–water partition coefficient (Wildman–Crippen LogP) is 4.93. The minimum Gasteiger partial charge on any atom is -0.325 e. The van der Waals surface area contributed by atoms with E-state index in [2.05, 4.69) is 10.3 Å². The SMILES string of the molecule is CCN(CC)C(=O)N1CCC(N(C)C(=O)Nc2cnc(-c3cccc(F)c3)c(Cl)c2)CC1. The third kappa shape index (κ3) is 5.48. The van der Waals surface area contributed by atoms with E-state index in [1.807, 2.05) is 18.7 Å². The molecule has 1 N–H and O–H groups in total. The van der Waals surface area contributed by atoms with Crippen molar-refractivity contribution in [2.24, 2.45) is 0 Å². The van der Waals surface area contributed by atoms with Gasteiger partial charge in [0.15, 0.2) is 0 Å². The molecule has 7 nitrogen and oxygen atoms in total. The molecule has 0 saturated carbocycles. The number of pyridine rings is 1. The largest absolute Gasteiger partial charge is 0.325 e. The predicted molar refractivity (Wildman–Crippen MR) is 124 cm³/mol. The van der Waals surface area contributed by atoms with Crippen LogP contribution in [0.3, 0.4) is 0 Å². The summed E-state index contributed by atoms with van der Waals surface area (Å²) in [7, 11) is 1.75. The number of carbonyl (C=O) groups excluding carboxylic acids is 2. The number of aromatic nitrogens is 1. The number of amides is 4. The number of piperidine rings is 1. The average molecular weight is 462 g/mol. The molecule has 2 heterocycles. The van der Waals surface area contributed by atoms with Crippen LogP contribution in [0.15, 0.2) is 36.5 Å². The van der Waals surface area contributed by atoms with Crippen molar-refractivity contribution in [2.45, 2.75) is 32.7 Å². The summed E-state index contributed by atoms with van der Waals surface area (Å²) in [4.78, 5) is 34.9. The maximum atomic E-state index is 13.5. The van der Waals surface area contributed by atoms with E-state index < -0.39 is 0 Å². The van der Waals surface area contributed by atoms with E-state index in [0.29, 0.717) is 61.0 Å². The molecule has 1 aromatic heterocycles. The van der Waals surface area contributed by atoms with Gasteiger partial charge in [-0.15, -0.1) is 0 Å². The molecule has 32 heavy (non-hydrogen) atoms. The second kappa shape index (κ2) is 10.6. The normalized spacial score (nSPS) is 14.2. The van der Waals surface area contributed by atoms with Crippen molar-refractivity contribution >= 4 is 29.4 Å². The Morgan fingerprint density at radius 2 is 1.91 bits per heavy atom. The Balaban J connectivity index is 1.58. The maximum absolute atomic E-state index is 13.5. The molecule has 0 bridgehead atoms.